The summed E-state index contributed by atoms with van der Waals surface area (Å²) in [6.45, 7) is 0. The third-order valence-electron chi connectivity index (χ3n) is 10.3. The summed E-state index contributed by atoms with van der Waals surface area (Å²) in [5.74, 6) is 1.72. The van der Waals surface area contributed by atoms with E-state index in [0.29, 0.717) is 0 Å². The average molecular weight is 374 g/mol. The van der Waals surface area contributed by atoms with Crippen LogP contribution in [-0.2, 0) is 0 Å². The second kappa shape index (κ2) is 6.52. The Morgan fingerprint density at radius 1 is 0.778 bits per heavy atom. The second-order valence-electron chi connectivity index (χ2n) is 10.9. The summed E-state index contributed by atoms with van der Waals surface area (Å²) in [4.78, 5) is 12.1. The first-order valence-corrected chi connectivity index (χ1v) is 12.0. The molecule has 6 unspecified atom stereocenters. The lowest BCUT2D eigenvalue weighted by Gasteiger charge is -2.74. The Labute approximate surface area is 164 Å². The summed E-state index contributed by atoms with van der Waals surface area (Å²) < 4.78 is 0. The van der Waals surface area contributed by atoms with Gasteiger partial charge in [0.25, 0.3) is 0 Å². The van der Waals surface area contributed by atoms with Crippen LogP contribution in [0.3, 0.4) is 0 Å². The van der Waals surface area contributed by atoms with E-state index < -0.39 is 0 Å². The van der Waals surface area contributed by atoms with Crippen LogP contribution in [0, 0.1) is 33.5 Å². The Morgan fingerprint density at radius 3 is 2.15 bits per heavy atom. The molecule has 5 aliphatic carbocycles. The van der Waals surface area contributed by atoms with Gasteiger partial charge in [0.15, 0.2) is 0 Å². The highest BCUT2D eigenvalue weighted by atomic mass is 16.3. The molecular weight excluding hydrogens is 334 g/mol. The van der Waals surface area contributed by atoms with Crippen LogP contribution >= 0.6 is 0 Å². The molecule has 1 spiro atoms. The SMILES string of the molecule is NC1CC2(N)CCC3CCCC(N=O)C1C3(C1CCCCC1)C21CCCC1. The van der Waals surface area contributed by atoms with Gasteiger partial charge in [-0.25, -0.2) is 0 Å². The Hall–Kier alpha value is -0.480. The van der Waals surface area contributed by atoms with Crippen molar-refractivity contribution < 1.29 is 0 Å². The van der Waals surface area contributed by atoms with E-state index in [1.54, 1.807) is 0 Å². The van der Waals surface area contributed by atoms with Crippen molar-refractivity contribution in [3.8, 4) is 0 Å². The molecule has 0 radical (unpaired) electrons. The Balaban J connectivity index is 1.76. The monoisotopic (exact) mass is 373 g/mol. The van der Waals surface area contributed by atoms with Gasteiger partial charge in [-0.3, -0.25) is 0 Å². The smallest absolute Gasteiger partial charge is 0.0968 e. The summed E-state index contributed by atoms with van der Waals surface area (Å²) in [5.41, 5.74) is 14.6. The Morgan fingerprint density at radius 2 is 1.44 bits per heavy atom. The lowest BCUT2D eigenvalue weighted by molar-refractivity contribution is -0.229. The average Bonchev–Trinajstić information content (AvgIpc) is 3.09. The molecule has 0 aromatic carbocycles. The highest BCUT2D eigenvalue weighted by Crippen LogP contribution is 2.76. The molecule has 27 heavy (non-hydrogen) atoms. The quantitative estimate of drug-likeness (QED) is 0.676. The molecule has 0 aromatic rings. The van der Waals surface area contributed by atoms with Crippen molar-refractivity contribution in [3.05, 3.63) is 4.91 Å². The maximum absolute atomic E-state index is 12.1. The highest BCUT2D eigenvalue weighted by molar-refractivity contribution is 5.27. The number of nitrogens with zero attached hydrogens (tertiary/aromatic N) is 1. The first-order valence-electron chi connectivity index (χ1n) is 12.0. The summed E-state index contributed by atoms with van der Waals surface area (Å²) in [6.07, 6.45) is 18.7. The van der Waals surface area contributed by atoms with Crippen LogP contribution in [0.15, 0.2) is 5.18 Å². The Kier molecular flexibility index (Phi) is 4.48. The number of nitrogens with two attached hydrogens (primary N) is 2. The molecule has 5 aliphatic rings. The van der Waals surface area contributed by atoms with Gasteiger partial charge in [0, 0.05) is 17.5 Å². The normalized spacial score (nSPS) is 49.7. The van der Waals surface area contributed by atoms with Crippen LogP contribution in [0.5, 0.6) is 0 Å². The van der Waals surface area contributed by atoms with E-state index in [1.165, 1.54) is 70.6 Å². The zero-order valence-corrected chi connectivity index (χ0v) is 17.0. The molecule has 2 bridgehead atoms. The molecular formula is C23H39N3O. The lowest BCUT2D eigenvalue weighted by Crippen LogP contribution is -2.78. The fraction of sp³-hybridized carbons (Fsp3) is 1.00. The summed E-state index contributed by atoms with van der Waals surface area (Å²) in [5, 5.41) is 3.77. The van der Waals surface area contributed by atoms with Gasteiger partial charge in [0.2, 0.25) is 0 Å². The van der Waals surface area contributed by atoms with E-state index in [4.69, 9.17) is 11.5 Å². The molecule has 0 amide bonds. The largest absolute Gasteiger partial charge is 0.327 e. The number of hydrogen-bond donors (Lipinski definition) is 2. The molecule has 0 saturated heterocycles. The fourth-order valence-electron chi connectivity index (χ4n) is 9.87. The van der Waals surface area contributed by atoms with Crippen molar-refractivity contribution in [3.63, 3.8) is 0 Å². The van der Waals surface area contributed by atoms with Gasteiger partial charge >= 0.3 is 0 Å². The number of hydrogen-bond acceptors (Lipinski definition) is 4. The molecule has 0 heterocycles. The van der Waals surface area contributed by atoms with E-state index in [0.717, 1.165) is 37.5 Å². The van der Waals surface area contributed by atoms with Crippen LogP contribution < -0.4 is 11.5 Å². The van der Waals surface area contributed by atoms with Crippen LogP contribution in [0.2, 0.25) is 0 Å². The fourth-order valence-corrected chi connectivity index (χ4v) is 9.87. The molecule has 4 heteroatoms. The molecule has 0 aliphatic heterocycles. The number of nitroso groups, excluding NO2 is 1. The van der Waals surface area contributed by atoms with Gasteiger partial charge in [-0.2, -0.15) is 4.91 Å². The molecule has 4 N–H and O–H groups in total. The maximum Gasteiger partial charge on any atom is 0.0968 e. The zero-order valence-electron chi connectivity index (χ0n) is 17.0. The van der Waals surface area contributed by atoms with Crippen LogP contribution in [0.25, 0.3) is 0 Å². The van der Waals surface area contributed by atoms with Crippen LogP contribution in [0.4, 0.5) is 0 Å². The van der Waals surface area contributed by atoms with Crippen LogP contribution in [0.1, 0.15) is 96.3 Å². The van der Waals surface area contributed by atoms with Gasteiger partial charge < -0.3 is 11.5 Å². The molecule has 5 fully saturated rings. The van der Waals surface area contributed by atoms with Crippen molar-refractivity contribution in [2.24, 2.45) is 45.2 Å². The minimum absolute atomic E-state index is 0.0618. The van der Waals surface area contributed by atoms with E-state index in [2.05, 4.69) is 5.18 Å². The van der Waals surface area contributed by atoms with E-state index in [9.17, 15) is 4.91 Å². The molecule has 6 atom stereocenters. The van der Waals surface area contributed by atoms with E-state index >= 15 is 0 Å². The first-order chi connectivity index (χ1) is 13.1. The van der Waals surface area contributed by atoms with Crippen molar-refractivity contribution in [2.75, 3.05) is 0 Å². The number of rotatable bonds is 2. The lowest BCUT2D eigenvalue weighted by atomic mass is 9.32. The van der Waals surface area contributed by atoms with Crippen molar-refractivity contribution >= 4 is 0 Å². The first kappa shape index (κ1) is 18.5. The van der Waals surface area contributed by atoms with Gasteiger partial charge in [0.1, 0.15) is 0 Å². The molecule has 152 valence electrons. The summed E-state index contributed by atoms with van der Waals surface area (Å²) in [7, 11) is 0. The van der Waals surface area contributed by atoms with E-state index in [-0.39, 0.29) is 34.4 Å². The zero-order chi connectivity index (χ0) is 18.7. The molecule has 5 saturated carbocycles. The topological polar surface area (TPSA) is 81.5 Å². The van der Waals surface area contributed by atoms with Crippen molar-refractivity contribution in [1.82, 2.24) is 0 Å². The maximum atomic E-state index is 12.1. The van der Waals surface area contributed by atoms with Crippen molar-refractivity contribution in [1.29, 1.82) is 0 Å². The molecule has 0 aromatic heterocycles. The minimum Gasteiger partial charge on any atom is -0.327 e. The predicted octanol–water partition coefficient (Wildman–Crippen LogP) is 4.89. The molecule has 4 nitrogen and oxygen atoms in total. The van der Waals surface area contributed by atoms with Gasteiger partial charge in [-0.05, 0) is 80.5 Å². The van der Waals surface area contributed by atoms with Gasteiger partial charge in [0.05, 0.1) is 6.04 Å². The predicted molar refractivity (Wildman–Crippen MR) is 109 cm³/mol. The van der Waals surface area contributed by atoms with Gasteiger partial charge in [-0.15, -0.1) is 0 Å². The highest BCUT2D eigenvalue weighted by Gasteiger charge is 2.75. The van der Waals surface area contributed by atoms with Gasteiger partial charge in [-0.1, -0.05) is 43.7 Å². The third kappa shape index (κ3) is 2.23. The van der Waals surface area contributed by atoms with Crippen LogP contribution in [-0.4, -0.2) is 17.6 Å². The third-order valence-corrected chi connectivity index (χ3v) is 10.3. The summed E-state index contributed by atoms with van der Waals surface area (Å²) in [6, 6.07) is -0.0150. The standard InChI is InChI=1S/C23H39N3O/c24-18-15-22(25)14-11-17-9-6-10-19(26-27)20(18)23(17,16-7-2-1-3-8-16)21(22)12-4-5-13-21/h16-20H,1-15,24-25H2. The Bertz CT molecular complexity index is 582. The summed E-state index contributed by atoms with van der Waals surface area (Å²) >= 11 is 0. The minimum atomic E-state index is -0.106. The van der Waals surface area contributed by atoms with Crippen molar-refractivity contribution in [2.45, 2.75) is 114 Å². The van der Waals surface area contributed by atoms with E-state index in [1.807, 2.05) is 0 Å². The molecule has 5 rings (SSSR count). The second-order valence-corrected chi connectivity index (χ2v) is 10.9.